The van der Waals surface area contributed by atoms with Crippen LogP contribution < -0.4 is 10.1 Å². The summed E-state index contributed by atoms with van der Waals surface area (Å²) in [5.74, 6) is 0.883. The van der Waals surface area contributed by atoms with Gasteiger partial charge in [-0.3, -0.25) is 14.5 Å². The number of amides is 4. The van der Waals surface area contributed by atoms with Crippen LogP contribution in [0, 0.1) is 0 Å². The summed E-state index contributed by atoms with van der Waals surface area (Å²) in [7, 11) is 0. The van der Waals surface area contributed by atoms with Crippen molar-refractivity contribution >= 4 is 17.8 Å². The molecule has 0 unspecified atom stereocenters. The smallest absolute Gasteiger partial charge is 0.322 e. The maximum atomic E-state index is 13.6. The Kier molecular flexibility index (Phi) is 6.73. The first-order valence-corrected chi connectivity index (χ1v) is 11.9. The van der Waals surface area contributed by atoms with Gasteiger partial charge in [0, 0.05) is 19.6 Å². The molecule has 3 aliphatic heterocycles. The Hall–Kier alpha value is -4.11. The number of morpholine rings is 1. The summed E-state index contributed by atoms with van der Waals surface area (Å²) in [6, 6.07) is 15.7. The number of carbonyl (C=O) groups is 3. The maximum Gasteiger partial charge on any atom is 0.322 e. The van der Waals surface area contributed by atoms with Gasteiger partial charge in [-0.15, -0.1) is 6.58 Å². The predicted octanol–water partition coefficient (Wildman–Crippen LogP) is 2.69. The third kappa shape index (κ3) is 4.70. The fourth-order valence-corrected chi connectivity index (χ4v) is 4.71. The Morgan fingerprint density at radius 2 is 1.83 bits per heavy atom. The Balaban J connectivity index is 1.42. The highest BCUT2D eigenvalue weighted by atomic mass is 16.5. The van der Waals surface area contributed by atoms with Crippen LogP contribution in [0.5, 0.6) is 11.5 Å². The molecular formula is C27H28N4O5. The summed E-state index contributed by atoms with van der Waals surface area (Å²) < 4.78 is 11.3. The average molecular weight is 489 g/mol. The topological polar surface area (TPSA) is 91.4 Å². The molecule has 186 valence electrons. The van der Waals surface area contributed by atoms with E-state index in [1.54, 1.807) is 11.0 Å². The highest BCUT2D eigenvalue weighted by Gasteiger charge is 2.44. The summed E-state index contributed by atoms with van der Waals surface area (Å²) in [6.07, 6.45) is 1.62. The van der Waals surface area contributed by atoms with Gasteiger partial charge in [0.25, 0.3) is 5.91 Å². The number of hydrogen-bond donors (Lipinski definition) is 1. The van der Waals surface area contributed by atoms with Crippen LogP contribution in [0.2, 0.25) is 0 Å². The van der Waals surface area contributed by atoms with E-state index in [9.17, 15) is 14.4 Å². The molecule has 2 aromatic carbocycles. The molecule has 0 saturated carbocycles. The van der Waals surface area contributed by atoms with Gasteiger partial charge >= 0.3 is 6.03 Å². The molecule has 0 aliphatic carbocycles. The van der Waals surface area contributed by atoms with Gasteiger partial charge in [0.2, 0.25) is 5.91 Å². The van der Waals surface area contributed by atoms with E-state index in [4.69, 9.17) is 9.47 Å². The normalized spacial score (nSPS) is 19.8. The minimum Gasteiger partial charge on any atom is -0.457 e. The van der Waals surface area contributed by atoms with E-state index in [-0.39, 0.29) is 37.5 Å². The van der Waals surface area contributed by atoms with Crippen LogP contribution in [0.3, 0.4) is 0 Å². The number of carbonyl (C=O) groups excluding carboxylic acids is 3. The molecule has 2 aromatic rings. The highest BCUT2D eigenvalue weighted by molar-refractivity contribution is 6.03. The van der Waals surface area contributed by atoms with E-state index in [1.165, 1.54) is 9.80 Å². The predicted molar refractivity (Wildman–Crippen MR) is 132 cm³/mol. The number of hydrogen-bond acceptors (Lipinski definition) is 5. The van der Waals surface area contributed by atoms with Gasteiger partial charge in [-0.05, 0) is 29.8 Å². The fraction of sp³-hybridized carbons (Fsp3) is 0.296. The molecular weight excluding hydrogens is 460 g/mol. The molecule has 0 bridgehead atoms. The van der Waals surface area contributed by atoms with Crippen LogP contribution >= 0.6 is 0 Å². The zero-order valence-corrected chi connectivity index (χ0v) is 19.9. The number of nitrogens with zero attached hydrogens (tertiary/aromatic N) is 3. The third-order valence-corrected chi connectivity index (χ3v) is 6.47. The Labute approximate surface area is 209 Å². The first kappa shape index (κ1) is 23.6. The number of benzene rings is 2. The third-order valence-electron chi connectivity index (χ3n) is 6.47. The van der Waals surface area contributed by atoms with Gasteiger partial charge in [0.15, 0.2) is 0 Å². The molecule has 1 saturated heterocycles. The lowest BCUT2D eigenvalue weighted by molar-refractivity contribution is -0.140. The van der Waals surface area contributed by atoms with Crippen molar-refractivity contribution < 1.29 is 23.9 Å². The first-order valence-electron chi connectivity index (χ1n) is 11.9. The van der Waals surface area contributed by atoms with Crippen molar-refractivity contribution in [3.05, 3.63) is 84.1 Å². The van der Waals surface area contributed by atoms with Crippen LogP contribution in [0.15, 0.2) is 78.5 Å². The van der Waals surface area contributed by atoms with Gasteiger partial charge in [0.1, 0.15) is 18.0 Å². The zero-order valence-electron chi connectivity index (χ0n) is 19.9. The summed E-state index contributed by atoms with van der Waals surface area (Å²) in [5, 5.41) is 2.96. The number of urea groups is 1. The lowest BCUT2D eigenvalue weighted by Gasteiger charge is -2.33. The van der Waals surface area contributed by atoms with Crippen molar-refractivity contribution in [2.24, 2.45) is 0 Å². The molecule has 9 heteroatoms. The molecule has 3 aliphatic rings. The quantitative estimate of drug-likeness (QED) is 0.605. The van der Waals surface area contributed by atoms with Crippen LogP contribution in [-0.4, -0.2) is 78.5 Å². The Morgan fingerprint density at radius 3 is 2.58 bits per heavy atom. The summed E-state index contributed by atoms with van der Waals surface area (Å²) >= 11 is 0. The Morgan fingerprint density at radius 1 is 1.08 bits per heavy atom. The second-order valence-electron chi connectivity index (χ2n) is 8.78. The minimum atomic E-state index is -0.663. The second-order valence-corrected chi connectivity index (χ2v) is 8.78. The van der Waals surface area contributed by atoms with E-state index in [2.05, 4.69) is 11.9 Å². The monoisotopic (exact) mass is 488 g/mol. The standard InChI is InChI=1S/C27H28N4O5/c1-2-11-31-22-17-30(18-23(32)29-12-14-35-15-13-29)26(33)24(22)25(28-27(31)34)19-7-6-10-21(16-19)36-20-8-4-3-5-9-20/h2-10,16,25H,1,11-15,17-18H2,(H,28,34)/t25-/m0/s1. The lowest BCUT2D eigenvalue weighted by atomic mass is 9.95. The van der Waals surface area contributed by atoms with E-state index in [1.807, 2.05) is 54.6 Å². The van der Waals surface area contributed by atoms with E-state index in [0.717, 1.165) is 5.56 Å². The van der Waals surface area contributed by atoms with Crippen LogP contribution in [0.1, 0.15) is 11.6 Å². The molecule has 5 rings (SSSR count). The van der Waals surface area contributed by atoms with Crippen LogP contribution in [-0.2, 0) is 14.3 Å². The van der Waals surface area contributed by atoms with Gasteiger partial charge in [-0.1, -0.05) is 36.4 Å². The van der Waals surface area contributed by atoms with E-state index < -0.39 is 6.04 Å². The van der Waals surface area contributed by atoms with Crippen molar-refractivity contribution in [1.29, 1.82) is 0 Å². The molecule has 9 nitrogen and oxygen atoms in total. The van der Waals surface area contributed by atoms with Crippen molar-refractivity contribution in [2.45, 2.75) is 6.04 Å². The maximum absolute atomic E-state index is 13.6. The van der Waals surface area contributed by atoms with Crippen molar-refractivity contribution in [2.75, 3.05) is 45.9 Å². The number of ether oxygens (including phenoxy) is 2. The summed E-state index contributed by atoms with van der Waals surface area (Å²) in [5.41, 5.74) is 1.78. The Bertz CT molecular complexity index is 1210. The SMILES string of the molecule is C=CCN1C(=O)N[C@@H](c2cccc(Oc3ccccc3)c2)C2=C1CN(CC(=O)N1CCOCC1)C2=O. The van der Waals surface area contributed by atoms with Crippen molar-refractivity contribution in [3.63, 3.8) is 0 Å². The van der Waals surface area contributed by atoms with Gasteiger partial charge in [0.05, 0.1) is 37.1 Å². The molecule has 0 spiro atoms. The molecule has 4 amide bonds. The highest BCUT2D eigenvalue weighted by Crippen LogP contribution is 2.37. The van der Waals surface area contributed by atoms with Crippen LogP contribution in [0.25, 0.3) is 0 Å². The minimum absolute atomic E-state index is 0.0498. The number of rotatable bonds is 7. The second kappa shape index (κ2) is 10.2. The number of nitrogens with one attached hydrogen (secondary N) is 1. The molecule has 1 atom stereocenters. The van der Waals surface area contributed by atoms with E-state index in [0.29, 0.717) is 49.1 Å². The van der Waals surface area contributed by atoms with Crippen molar-refractivity contribution in [1.82, 2.24) is 20.0 Å². The largest absolute Gasteiger partial charge is 0.457 e. The molecule has 3 heterocycles. The molecule has 1 N–H and O–H groups in total. The zero-order chi connectivity index (χ0) is 25.1. The van der Waals surface area contributed by atoms with Gasteiger partial charge < -0.3 is 24.6 Å². The summed E-state index contributed by atoms with van der Waals surface area (Å²) in [6.45, 7) is 6.13. The molecule has 0 aromatic heterocycles. The number of para-hydroxylation sites is 1. The lowest BCUT2D eigenvalue weighted by Crippen LogP contribution is -2.47. The molecule has 36 heavy (non-hydrogen) atoms. The average Bonchev–Trinajstić information content (AvgIpc) is 3.22. The molecule has 0 radical (unpaired) electrons. The summed E-state index contributed by atoms with van der Waals surface area (Å²) in [4.78, 5) is 44.3. The van der Waals surface area contributed by atoms with Crippen LogP contribution in [0.4, 0.5) is 4.79 Å². The fourth-order valence-electron chi connectivity index (χ4n) is 4.71. The van der Waals surface area contributed by atoms with Gasteiger partial charge in [-0.25, -0.2) is 4.79 Å². The van der Waals surface area contributed by atoms with E-state index >= 15 is 0 Å². The van der Waals surface area contributed by atoms with Crippen molar-refractivity contribution in [3.8, 4) is 11.5 Å². The first-order chi connectivity index (χ1) is 17.5. The molecule has 1 fully saturated rings. The van der Waals surface area contributed by atoms with Gasteiger partial charge in [-0.2, -0.15) is 0 Å².